The maximum Gasteiger partial charge on any atom is 0.289 e. The van der Waals surface area contributed by atoms with Gasteiger partial charge < -0.3 is 14.1 Å². The van der Waals surface area contributed by atoms with Crippen molar-refractivity contribution in [2.24, 2.45) is 5.92 Å². The number of ketones is 1. The highest BCUT2D eigenvalue weighted by Crippen LogP contribution is 2.48. The van der Waals surface area contributed by atoms with Gasteiger partial charge >= 0.3 is 0 Å². The van der Waals surface area contributed by atoms with E-state index in [1.807, 2.05) is 17.0 Å². The molecule has 2 unspecified atom stereocenters. The highest BCUT2D eigenvalue weighted by atomic mass is 16.5. The highest BCUT2D eigenvalue weighted by Gasteiger charge is 2.48. The third-order valence-corrected chi connectivity index (χ3v) is 6.00. The molecule has 1 aromatic heterocycles. The Labute approximate surface area is 152 Å². The SMILES string of the molecule is COc1cccc(C23CCN(C(=O)c4ccco4)CC2CCC(=O)C3)c1. The quantitative estimate of drug-likeness (QED) is 0.848. The Bertz CT molecular complexity index is 813. The zero-order valence-corrected chi connectivity index (χ0v) is 14.9. The van der Waals surface area contributed by atoms with Crippen LogP contribution in [-0.2, 0) is 10.2 Å². The van der Waals surface area contributed by atoms with Gasteiger partial charge in [0.1, 0.15) is 11.5 Å². The molecule has 2 fully saturated rings. The molecule has 2 atom stereocenters. The molecule has 2 aliphatic rings. The first-order valence-corrected chi connectivity index (χ1v) is 9.11. The molecular weight excluding hydrogens is 330 g/mol. The van der Waals surface area contributed by atoms with Crippen LogP contribution in [-0.4, -0.2) is 36.8 Å². The van der Waals surface area contributed by atoms with Crippen LogP contribution in [0.3, 0.4) is 0 Å². The van der Waals surface area contributed by atoms with Crippen LogP contribution in [0.5, 0.6) is 5.75 Å². The molecule has 1 aliphatic heterocycles. The number of methoxy groups -OCH3 is 1. The van der Waals surface area contributed by atoms with Gasteiger partial charge in [-0.15, -0.1) is 0 Å². The van der Waals surface area contributed by atoms with Gasteiger partial charge in [-0.1, -0.05) is 12.1 Å². The van der Waals surface area contributed by atoms with Crippen molar-refractivity contribution in [2.75, 3.05) is 20.2 Å². The number of furan rings is 1. The van der Waals surface area contributed by atoms with Crippen LogP contribution in [0.1, 0.15) is 41.8 Å². The predicted octanol–water partition coefficient (Wildman–Crippen LogP) is 3.44. The predicted molar refractivity (Wildman–Crippen MR) is 96.2 cm³/mol. The van der Waals surface area contributed by atoms with Gasteiger partial charge in [0.15, 0.2) is 5.76 Å². The van der Waals surface area contributed by atoms with Crippen LogP contribution in [0, 0.1) is 5.92 Å². The number of hydrogen-bond donors (Lipinski definition) is 0. The van der Waals surface area contributed by atoms with Crippen LogP contribution in [0.2, 0.25) is 0 Å². The second-order valence-electron chi connectivity index (χ2n) is 7.32. The molecule has 1 saturated carbocycles. The zero-order valence-electron chi connectivity index (χ0n) is 14.9. The van der Waals surface area contributed by atoms with Crippen molar-refractivity contribution in [3.63, 3.8) is 0 Å². The van der Waals surface area contributed by atoms with Crippen molar-refractivity contribution in [3.05, 3.63) is 54.0 Å². The number of benzene rings is 1. The molecule has 0 bridgehead atoms. The molecule has 26 heavy (non-hydrogen) atoms. The van der Waals surface area contributed by atoms with E-state index in [2.05, 4.69) is 12.1 Å². The number of likely N-dealkylation sites (tertiary alicyclic amines) is 1. The summed E-state index contributed by atoms with van der Waals surface area (Å²) in [4.78, 5) is 26.9. The van der Waals surface area contributed by atoms with Crippen molar-refractivity contribution < 1.29 is 18.7 Å². The van der Waals surface area contributed by atoms with Crippen molar-refractivity contribution in [3.8, 4) is 5.75 Å². The fraction of sp³-hybridized carbons (Fsp3) is 0.429. The molecule has 5 nitrogen and oxygen atoms in total. The Kier molecular flexibility index (Phi) is 4.31. The summed E-state index contributed by atoms with van der Waals surface area (Å²) in [5.41, 5.74) is 0.948. The largest absolute Gasteiger partial charge is 0.497 e. The topological polar surface area (TPSA) is 59.8 Å². The molecule has 4 rings (SSSR count). The van der Waals surface area contributed by atoms with E-state index >= 15 is 0 Å². The van der Waals surface area contributed by atoms with Crippen molar-refractivity contribution >= 4 is 11.7 Å². The molecule has 2 heterocycles. The van der Waals surface area contributed by atoms with Gasteiger partial charge in [0, 0.05) is 31.3 Å². The molecular formula is C21H23NO4. The normalized spacial score (nSPS) is 25.7. The van der Waals surface area contributed by atoms with Crippen molar-refractivity contribution in [1.82, 2.24) is 4.90 Å². The number of carbonyl (C=O) groups is 2. The molecule has 1 aromatic carbocycles. The average molecular weight is 353 g/mol. The number of rotatable bonds is 3. The Morgan fingerprint density at radius 3 is 2.96 bits per heavy atom. The van der Waals surface area contributed by atoms with Crippen molar-refractivity contribution in [2.45, 2.75) is 31.1 Å². The number of Topliss-reactive ketones (excluding diaryl/α,β-unsaturated/α-hetero) is 1. The molecule has 1 saturated heterocycles. The van der Waals surface area contributed by atoms with Gasteiger partial charge in [0.05, 0.1) is 13.4 Å². The van der Waals surface area contributed by atoms with E-state index in [0.29, 0.717) is 37.5 Å². The summed E-state index contributed by atoms with van der Waals surface area (Å²) in [7, 11) is 1.66. The Morgan fingerprint density at radius 1 is 1.31 bits per heavy atom. The number of nitrogens with zero attached hydrogens (tertiary/aromatic N) is 1. The summed E-state index contributed by atoms with van der Waals surface area (Å²) in [6.07, 6.45) is 4.27. The summed E-state index contributed by atoms with van der Waals surface area (Å²) < 4.78 is 10.7. The minimum absolute atomic E-state index is 0.0638. The summed E-state index contributed by atoms with van der Waals surface area (Å²) >= 11 is 0. The number of amides is 1. The van der Waals surface area contributed by atoms with E-state index in [4.69, 9.17) is 9.15 Å². The number of carbonyl (C=O) groups excluding carboxylic acids is 2. The Morgan fingerprint density at radius 2 is 2.19 bits per heavy atom. The molecule has 136 valence electrons. The third kappa shape index (κ3) is 2.81. The van der Waals surface area contributed by atoms with Crippen LogP contribution >= 0.6 is 0 Å². The average Bonchev–Trinajstić information content (AvgIpc) is 3.21. The van der Waals surface area contributed by atoms with Crippen LogP contribution in [0.15, 0.2) is 47.1 Å². The maximum atomic E-state index is 12.7. The van der Waals surface area contributed by atoms with Gasteiger partial charge in [0.2, 0.25) is 0 Å². The standard InChI is InChI=1S/C21H23NO4/c1-25-18-5-2-4-15(12-18)21-9-10-22(20(24)19-6-3-11-26-19)14-16(21)7-8-17(23)13-21/h2-6,11-12,16H,7-10,13-14H2,1H3. The summed E-state index contributed by atoms with van der Waals surface area (Å²) in [5, 5.41) is 0. The van der Waals surface area contributed by atoms with E-state index in [1.165, 1.54) is 6.26 Å². The van der Waals surface area contributed by atoms with E-state index in [9.17, 15) is 9.59 Å². The smallest absolute Gasteiger partial charge is 0.289 e. The fourth-order valence-corrected chi connectivity index (χ4v) is 4.60. The lowest BCUT2D eigenvalue weighted by molar-refractivity contribution is -0.124. The van der Waals surface area contributed by atoms with Crippen LogP contribution < -0.4 is 4.74 Å². The molecule has 5 heteroatoms. The van der Waals surface area contributed by atoms with Crippen molar-refractivity contribution in [1.29, 1.82) is 0 Å². The van der Waals surface area contributed by atoms with Crippen LogP contribution in [0.4, 0.5) is 0 Å². The van der Waals surface area contributed by atoms with E-state index in [-0.39, 0.29) is 17.2 Å². The highest BCUT2D eigenvalue weighted by molar-refractivity contribution is 5.91. The summed E-state index contributed by atoms with van der Waals surface area (Å²) in [6, 6.07) is 11.5. The molecule has 1 aliphatic carbocycles. The van der Waals surface area contributed by atoms with Gasteiger partial charge in [0.25, 0.3) is 5.91 Å². The number of hydrogen-bond acceptors (Lipinski definition) is 4. The molecule has 1 amide bonds. The monoisotopic (exact) mass is 353 g/mol. The number of ether oxygens (including phenoxy) is 1. The first-order chi connectivity index (χ1) is 12.6. The van der Waals surface area contributed by atoms with Gasteiger partial charge in [-0.3, -0.25) is 9.59 Å². The lowest BCUT2D eigenvalue weighted by Gasteiger charge is -2.50. The van der Waals surface area contributed by atoms with Gasteiger partial charge in [-0.25, -0.2) is 0 Å². The minimum Gasteiger partial charge on any atom is -0.497 e. The molecule has 0 radical (unpaired) electrons. The first-order valence-electron chi connectivity index (χ1n) is 9.11. The van der Waals surface area contributed by atoms with Crippen LogP contribution in [0.25, 0.3) is 0 Å². The van der Waals surface area contributed by atoms with E-state index < -0.39 is 0 Å². The van der Waals surface area contributed by atoms with E-state index in [1.54, 1.807) is 19.2 Å². The van der Waals surface area contributed by atoms with Gasteiger partial charge in [-0.05, 0) is 48.6 Å². The fourth-order valence-electron chi connectivity index (χ4n) is 4.60. The zero-order chi connectivity index (χ0) is 18.1. The Balaban J connectivity index is 1.64. The summed E-state index contributed by atoms with van der Waals surface area (Å²) in [5.74, 6) is 1.70. The molecule has 0 N–H and O–H groups in total. The number of fused-ring (bicyclic) bond motifs is 1. The Hall–Kier alpha value is -2.56. The molecule has 2 aromatic rings. The third-order valence-electron chi connectivity index (χ3n) is 6.00. The molecule has 0 spiro atoms. The maximum absolute atomic E-state index is 12.7. The second kappa shape index (κ2) is 6.63. The lowest BCUT2D eigenvalue weighted by Crippen LogP contribution is -2.54. The van der Waals surface area contributed by atoms with Gasteiger partial charge in [-0.2, -0.15) is 0 Å². The van der Waals surface area contributed by atoms with E-state index in [0.717, 1.165) is 24.2 Å². The second-order valence-corrected chi connectivity index (χ2v) is 7.32. The minimum atomic E-state index is -0.205. The first kappa shape index (κ1) is 16.9. The summed E-state index contributed by atoms with van der Waals surface area (Å²) in [6.45, 7) is 1.28. The lowest BCUT2D eigenvalue weighted by atomic mass is 9.59. The number of piperidine rings is 1.